The molecule has 0 spiro atoms. The third-order valence-electron chi connectivity index (χ3n) is 3.48. The first-order valence-electron chi connectivity index (χ1n) is 7.29. The number of hydrogen-bond acceptors (Lipinski definition) is 4. The van der Waals surface area contributed by atoms with E-state index in [1.807, 2.05) is 6.92 Å². The molecular formula is C15H17FN4OS. The molecule has 1 N–H and O–H groups in total. The summed E-state index contributed by atoms with van der Waals surface area (Å²) in [6, 6.07) is 6.13. The van der Waals surface area contributed by atoms with E-state index in [2.05, 4.69) is 20.1 Å². The van der Waals surface area contributed by atoms with E-state index in [0.717, 1.165) is 30.4 Å². The van der Waals surface area contributed by atoms with Crippen LogP contribution in [-0.4, -0.2) is 26.4 Å². The Hall–Kier alpha value is -1.89. The van der Waals surface area contributed by atoms with Gasteiger partial charge in [0, 0.05) is 12.5 Å². The van der Waals surface area contributed by atoms with Crippen molar-refractivity contribution in [3.63, 3.8) is 0 Å². The van der Waals surface area contributed by atoms with E-state index in [0.29, 0.717) is 5.92 Å². The van der Waals surface area contributed by atoms with E-state index in [1.165, 1.54) is 23.9 Å². The highest BCUT2D eigenvalue weighted by Crippen LogP contribution is 2.39. The maximum absolute atomic E-state index is 13.5. The zero-order valence-electron chi connectivity index (χ0n) is 12.3. The highest BCUT2D eigenvalue weighted by Gasteiger charge is 2.30. The first kappa shape index (κ1) is 15.0. The van der Waals surface area contributed by atoms with Gasteiger partial charge in [0.2, 0.25) is 5.91 Å². The van der Waals surface area contributed by atoms with Gasteiger partial charge in [-0.05, 0) is 31.9 Å². The molecule has 1 aliphatic rings. The minimum Gasteiger partial charge on any atom is -0.323 e. The molecule has 5 nitrogen and oxygen atoms in total. The second-order valence-corrected chi connectivity index (χ2v) is 6.12. The summed E-state index contributed by atoms with van der Waals surface area (Å²) in [6.45, 7) is 2.83. The van der Waals surface area contributed by atoms with E-state index in [9.17, 15) is 9.18 Å². The van der Waals surface area contributed by atoms with Gasteiger partial charge in [-0.3, -0.25) is 4.79 Å². The van der Waals surface area contributed by atoms with Crippen LogP contribution in [0.2, 0.25) is 0 Å². The topological polar surface area (TPSA) is 59.8 Å². The Labute approximate surface area is 132 Å². The maximum atomic E-state index is 13.5. The van der Waals surface area contributed by atoms with Crippen LogP contribution in [0.1, 0.15) is 31.5 Å². The maximum Gasteiger partial charge on any atom is 0.234 e. The SMILES string of the molecule is CCn1c(SCC(=O)Nc2ccccc2F)nnc1C1CC1. The van der Waals surface area contributed by atoms with Gasteiger partial charge >= 0.3 is 0 Å². The van der Waals surface area contributed by atoms with E-state index < -0.39 is 5.82 Å². The van der Waals surface area contributed by atoms with Crippen molar-refractivity contribution >= 4 is 23.4 Å². The number of thioether (sulfide) groups is 1. The molecule has 1 aromatic carbocycles. The summed E-state index contributed by atoms with van der Waals surface area (Å²) in [5.74, 6) is 1.02. The molecule has 0 saturated heterocycles. The lowest BCUT2D eigenvalue weighted by atomic mass is 10.3. The number of amides is 1. The summed E-state index contributed by atoms with van der Waals surface area (Å²) in [4.78, 5) is 11.9. The van der Waals surface area contributed by atoms with Crippen molar-refractivity contribution < 1.29 is 9.18 Å². The molecule has 0 atom stereocenters. The number of carbonyl (C=O) groups excluding carboxylic acids is 1. The minimum absolute atomic E-state index is 0.178. The van der Waals surface area contributed by atoms with Crippen LogP contribution in [0.4, 0.5) is 10.1 Å². The Morgan fingerprint density at radius 2 is 2.18 bits per heavy atom. The van der Waals surface area contributed by atoms with Crippen LogP contribution in [0.5, 0.6) is 0 Å². The van der Waals surface area contributed by atoms with Crippen molar-refractivity contribution in [2.45, 2.75) is 37.4 Å². The fourth-order valence-electron chi connectivity index (χ4n) is 2.23. The number of nitrogens with one attached hydrogen (secondary N) is 1. The molecule has 1 amide bonds. The summed E-state index contributed by atoms with van der Waals surface area (Å²) in [7, 11) is 0. The molecule has 0 bridgehead atoms. The summed E-state index contributed by atoms with van der Waals surface area (Å²) in [5.41, 5.74) is 0.198. The lowest BCUT2D eigenvalue weighted by Crippen LogP contribution is -2.15. The third kappa shape index (κ3) is 3.30. The smallest absolute Gasteiger partial charge is 0.234 e. The van der Waals surface area contributed by atoms with Gasteiger partial charge in [0.05, 0.1) is 11.4 Å². The van der Waals surface area contributed by atoms with Crippen molar-refractivity contribution in [3.05, 3.63) is 35.9 Å². The third-order valence-corrected chi connectivity index (χ3v) is 4.45. The second kappa shape index (κ2) is 6.48. The number of rotatable bonds is 6. The highest BCUT2D eigenvalue weighted by atomic mass is 32.2. The highest BCUT2D eigenvalue weighted by molar-refractivity contribution is 7.99. The van der Waals surface area contributed by atoms with E-state index in [1.54, 1.807) is 12.1 Å². The number of aromatic nitrogens is 3. The normalized spacial score (nSPS) is 14.1. The molecule has 1 saturated carbocycles. The molecule has 2 aromatic rings. The Balaban J connectivity index is 1.60. The van der Waals surface area contributed by atoms with Gasteiger partial charge in [-0.25, -0.2) is 4.39 Å². The molecule has 1 heterocycles. The number of anilines is 1. The fourth-order valence-corrected chi connectivity index (χ4v) is 3.04. The van der Waals surface area contributed by atoms with Gasteiger partial charge in [-0.15, -0.1) is 10.2 Å². The van der Waals surface area contributed by atoms with Gasteiger partial charge in [0.25, 0.3) is 0 Å². The molecule has 0 aliphatic heterocycles. The van der Waals surface area contributed by atoms with Crippen molar-refractivity contribution in [2.24, 2.45) is 0 Å². The lowest BCUT2D eigenvalue weighted by molar-refractivity contribution is -0.113. The molecule has 22 heavy (non-hydrogen) atoms. The minimum atomic E-state index is -0.436. The Morgan fingerprint density at radius 1 is 1.41 bits per heavy atom. The summed E-state index contributed by atoms with van der Waals surface area (Å²) in [6.07, 6.45) is 2.33. The number of carbonyl (C=O) groups is 1. The molecule has 1 aliphatic carbocycles. The molecule has 0 unspecified atom stereocenters. The Morgan fingerprint density at radius 3 is 2.86 bits per heavy atom. The largest absolute Gasteiger partial charge is 0.323 e. The predicted molar refractivity (Wildman–Crippen MR) is 83.4 cm³/mol. The fraction of sp³-hybridized carbons (Fsp3) is 0.400. The van der Waals surface area contributed by atoms with Crippen molar-refractivity contribution in [1.82, 2.24) is 14.8 Å². The van der Waals surface area contributed by atoms with Crippen LogP contribution >= 0.6 is 11.8 Å². The van der Waals surface area contributed by atoms with Crippen molar-refractivity contribution in [3.8, 4) is 0 Å². The number of benzene rings is 1. The number of nitrogens with zero attached hydrogens (tertiary/aromatic N) is 3. The number of para-hydroxylation sites is 1. The molecule has 3 rings (SSSR count). The van der Waals surface area contributed by atoms with Gasteiger partial charge in [-0.1, -0.05) is 23.9 Å². The monoisotopic (exact) mass is 320 g/mol. The predicted octanol–water partition coefficient (Wildman–Crippen LogP) is 3.05. The van der Waals surface area contributed by atoms with Crippen LogP contribution < -0.4 is 5.32 Å². The van der Waals surface area contributed by atoms with Gasteiger partial charge < -0.3 is 9.88 Å². The van der Waals surface area contributed by atoms with E-state index in [4.69, 9.17) is 0 Å². The summed E-state index contributed by atoms with van der Waals surface area (Å²) < 4.78 is 15.5. The Kier molecular flexibility index (Phi) is 4.42. The summed E-state index contributed by atoms with van der Waals surface area (Å²) in [5, 5.41) is 11.7. The zero-order valence-corrected chi connectivity index (χ0v) is 13.1. The van der Waals surface area contributed by atoms with E-state index >= 15 is 0 Å². The first-order valence-corrected chi connectivity index (χ1v) is 8.28. The Bertz CT molecular complexity index is 684. The van der Waals surface area contributed by atoms with Gasteiger partial charge in [0.1, 0.15) is 11.6 Å². The number of halogens is 1. The standard InChI is InChI=1S/C15H17FN4OS/c1-2-20-14(10-7-8-10)18-19-15(20)22-9-13(21)17-12-6-4-3-5-11(12)16/h3-6,10H,2,7-9H2,1H3,(H,17,21). The summed E-state index contributed by atoms with van der Waals surface area (Å²) >= 11 is 1.33. The van der Waals surface area contributed by atoms with Crippen molar-refractivity contribution in [2.75, 3.05) is 11.1 Å². The second-order valence-electron chi connectivity index (χ2n) is 5.18. The quantitative estimate of drug-likeness (QED) is 0.831. The van der Waals surface area contributed by atoms with Crippen LogP contribution in [0.15, 0.2) is 29.4 Å². The van der Waals surface area contributed by atoms with Gasteiger partial charge in [0.15, 0.2) is 5.16 Å². The van der Waals surface area contributed by atoms with E-state index in [-0.39, 0.29) is 17.3 Å². The number of hydrogen-bond donors (Lipinski definition) is 1. The first-order chi connectivity index (χ1) is 10.7. The van der Waals surface area contributed by atoms with Gasteiger partial charge in [-0.2, -0.15) is 0 Å². The lowest BCUT2D eigenvalue weighted by Gasteiger charge is -2.07. The molecule has 1 aromatic heterocycles. The molecule has 7 heteroatoms. The average molecular weight is 320 g/mol. The van der Waals surface area contributed by atoms with Crippen LogP contribution in [0.3, 0.4) is 0 Å². The molecule has 0 radical (unpaired) electrons. The van der Waals surface area contributed by atoms with Crippen LogP contribution in [-0.2, 0) is 11.3 Å². The van der Waals surface area contributed by atoms with Crippen LogP contribution in [0.25, 0.3) is 0 Å². The van der Waals surface area contributed by atoms with Crippen LogP contribution in [0, 0.1) is 5.82 Å². The average Bonchev–Trinajstić information content (AvgIpc) is 3.27. The molecular weight excluding hydrogens is 303 g/mol. The zero-order chi connectivity index (χ0) is 15.5. The van der Waals surface area contributed by atoms with Crippen molar-refractivity contribution in [1.29, 1.82) is 0 Å². The molecule has 1 fully saturated rings. The molecule has 116 valence electrons.